The third kappa shape index (κ3) is 2.06. The van der Waals surface area contributed by atoms with Crippen LogP contribution in [0.1, 0.15) is 18.9 Å². The molecule has 2 unspecified atom stereocenters. The van der Waals surface area contributed by atoms with Crippen LogP contribution in [0.25, 0.3) is 0 Å². The van der Waals surface area contributed by atoms with Crippen LogP contribution in [0.4, 0.5) is 0 Å². The second-order valence-corrected chi connectivity index (χ2v) is 3.90. The lowest BCUT2D eigenvalue weighted by Gasteiger charge is -2.25. The smallest absolute Gasteiger partial charge is 0.144 e. The lowest BCUT2D eigenvalue weighted by Crippen LogP contribution is -2.39. The molecule has 1 heterocycles. The second kappa shape index (κ2) is 4.26. The van der Waals surface area contributed by atoms with Gasteiger partial charge in [-0.05, 0) is 17.9 Å². The van der Waals surface area contributed by atoms with Gasteiger partial charge in [-0.15, -0.1) is 0 Å². The first kappa shape index (κ1) is 9.90. The molecule has 78 valence electrons. The summed E-state index contributed by atoms with van der Waals surface area (Å²) in [6.07, 6.45) is 1.77. The highest BCUT2D eigenvalue weighted by Gasteiger charge is 2.22. The van der Waals surface area contributed by atoms with E-state index in [2.05, 4.69) is 17.5 Å². The van der Waals surface area contributed by atoms with E-state index in [0.717, 1.165) is 24.0 Å². The Hall–Kier alpha value is -1.64. The lowest BCUT2D eigenvalue weighted by atomic mass is 9.92. The highest BCUT2D eigenvalue weighted by atomic mass is 16.1. The highest BCUT2D eigenvalue weighted by molar-refractivity contribution is 6.01. The van der Waals surface area contributed by atoms with Gasteiger partial charge in [0.05, 0.1) is 5.71 Å². The van der Waals surface area contributed by atoms with Gasteiger partial charge in [0.15, 0.2) is 0 Å². The molecule has 0 radical (unpaired) electrons. The number of rotatable bonds is 2. The molecule has 0 saturated carbocycles. The molecule has 2 atom stereocenters. The van der Waals surface area contributed by atoms with Crippen molar-refractivity contribution in [1.29, 1.82) is 0 Å². The number of carbonyl (C=O) groups excluding carboxylic acids is 1. The van der Waals surface area contributed by atoms with Gasteiger partial charge >= 0.3 is 0 Å². The van der Waals surface area contributed by atoms with Gasteiger partial charge in [-0.3, -0.25) is 5.43 Å². The van der Waals surface area contributed by atoms with E-state index in [1.54, 1.807) is 0 Å². The average Bonchev–Trinajstić information content (AvgIpc) is 2.30. The molecule has 0 saturated heterocycles. The van der Waals surface area contributed by atoms with Gasteiger partial charge in [0.25, 0.3) is 0 Å². The molecule has 1 N–H and O–H groups in total. The van der Waals surface area contributed by atoms with Gasteiger partial charge in [-0.2, -0.15) is 5.10 Å². The zero-order valence-corrected chi connectivity index (χ0v) is 8.68. The Labute approximate surface area is 89.2 Å². The quantitative estimate of drug-likeness (QED) is 0.740. The summed E-state index contributed by atoms with van der Waals surface area (Å²) in [4.78, 5) is 10.7. The Morgan fingerprint density at radius 1 is 1.40 bits per heavy atom. The van der Waals surface area contributed by atoms with E-state index in [1.807, 2.05) is 30.3 Å². The molecule has 0 bridgehead atoms. The minimum atomic E-state index is -0.141. The summed E-state index contributed by atoms with van der Waals surface area (Å²) in [7, 11) is 0. The Morgan fingerprint density at radius 3 is 2.73 bits per heavy atom. The second-order valence-electron chi connectivity index (χ2n) is 3.90. The van der Waals surface area contributed by atoms with Crippen molar-refractivity contribution in [3.8, 4) is 0 Å². The normalized spacial score (nSPS) is 25.3. The Morgan fingerprint density at radius 2 is 2.13 bits per heavy atom. The fourth-order valence-electron chi connectivity index (χ4n) is 1.73. The molecule has 3 heteroatoms. The number of hydrogen-bond acceptors (Lipinski definition) is 3. The molecule has 1 aliphatic heterocycles. The fourth-order valence-corrected chi connectivity index (χ4v) is 1.73. The minimum Gasteiger partial charge on any atom is -0.301 e. The minimum absolute atomic E-state index is 0.141. The summed E-state index contributed by atoms with van der Waals surface area (Å²) in [6.45, 7) is 2.06. The third-order valence-electron chi connectivity index (χ3n) is 2.73. The van der Waals surface area contributed by atoms with Crippen molar-refractivity contribution in [2.75, 3.05) is 0 Å². The first-order valence-electron chi connectivity index (χ1n) is 5.14. The number of aldehydes is 1. The van der Waals surface area contributed by atoms with Gasteiger partial charge in [0.2, 0.25) is 0 Å². The Kier molecular flexibility index (Phi) is 2.81. The van der Waals surface area contributed by atoms with Crippen molar-refractivity contribution >= 4 is 12.0 Å². The first-order valence-corrected chi connectivity index (χ1v) is 5.14. The molecule has 1 aromatic carbocycles. The Bertz CT molecular complexity index is 372. The summed E-state index contributed by atoms with van der Waals surface area (Å²) in [6, 6.07) is 9.90. The zero-order chi connectivity index (χ0) is 10.7. The third-order valence-corrected chi connectivity index (χ3v) is 2.73. The summed E-state index contributed by atoms with van der Waals surface area (Å²) < 4.78 is 0. The Balaban J connectivity index is 2.20. The number of hydrazone groups is 1. The monoisotopic (exact) mass is 202 g/mol. The van der Waals surface area contributed by atoms with E-state index in [1.165, 1.54) is 0 Å². The van der Waals surface area contributed by atoms with Crippen molar-refractivity contribution in [3.05, 3.63) is 35.9 Å². The molecule has 0 aromatic heterocycles. The van der Waals surface area contributed by atoms with Crippen LogP contribution < -0.4 is 5.43 Å². The summed E-state index contributed by atoms with van der Waals surface area (Å²) >= 11 is 0. The fraction of sp³-hybridized carbons (Fsp3) is 0.333. The van der Waals surface area contributed by atoms with Crippen LogP contribution >= 0.6 is 0 Å². The largest absolute Gasteiger partial charge is 0.301 e. The number of carbonyl (C=O) groups is 1. The SMILES string of the molecule is CC1CC(c2ccccc2)=NNC1C=O. The molecule has 1 aliphatic rings. The number of nitrogens with zero attached hydrogens (tertiary/aromatic N) is 1. The maximum absolute atomic E-state index is 10.7. The molecule has 0 amide bonds. The molecule has 0 fully saturated rings. The predicted octanol–water partition coefficient (Wildman–Crippen LogP) is 1.59. The van der Waals surface area contributed by atoms with Crippen LogP contribution in [-0.2, 0) is 4.79 Å². The van der Waals surface area contributed by atoms with Crippen LogP contribution in [0, 0.1) is 5.92 Å². The molecule has 0 spiro atoms. The maximum atomic E-state index is 10.7. The topological polar surface area (TPSA) is 41.5 Å². The van der Waals surface area contributed by atoms with Crippen LogP contribution in [0.3, 0.4) is 0 Å². The van der Waals surface area contributed by atoms with E-state index in [-0.39, 0.29) is 6.04 Å². The lowest BCUT2D eigenvalue weighted by molar-refractivity contribution is -0.110. The predicted molar refractivity (Wildman–Crippen MR) is 59.7 cm³/mol. The number of hydrogen-bond donors (Lipinski definition) is 1. The summed E-state index contributed by atoms with van der Waals surface area (Å²) in [5, 5.41) is 4.24. The maximum Gasteiger partial charge on any atom is 0.144 e. The van der Waals surface area contributed by atoms with E-state index in [9.17, 15) is 4.79 Å². The van der Waals surface area contributed by atoms with E-state index < -0.39 is 0 Å². The van der Waals surface area contributed by atoms with E-state index >= 15 is 0 Å². The summed E-state index contributed by atoms with van der Waals surface area (Å²) in [5.41, 5.74) is 5.04. The van der Waals surface area contributed by atoms with Crippen molar-refractivity contribution in [1.82, 2.24) is 5.43 Å². The highest BCUT2D eigenvalue weighted by Crippen LogP contribution is 2.17. The van der Waals surface area contributed by atoms with Crippen molar-refractivity contribution in [3.63, 3.8) is 0 Å². The van der Waals surface area contributed by atoms with Crippen LogP contribution in [0.2, 0.25) is 0 Å². The number of benzene rings is 1. The van der Waals surface area contributed by atoms with Crippen molar-refractivity contribution in [2.24, 2.45) is 11.0 Å². The summed E-state index contributed by atoms with van der Waals surface area (Å²) in [5.74, 6) is 0.301. The molecule has 2 rings (SSSR count). The molecular formula is C12H14N2O. The van der Waals surface area contributed by atoms with Gasteiger partial charge in [-0.25, -0.2) is 0 Å². The van der Waals surface area contributed by atoms with Crippen LogP contribution in [0.15, 0.2) is 35.4 Å². The van der Waals surface area contributed by atoms with Gasteiger partial charge < -0.3 is 4.79 Å². The van der Waals surface area contributed by atoms with Crippen LogP contribution in [0.5, 0.6) is 0 Å². The molecule has 1 aromatic rings. The van der Waals surface area contributed by atoms with E-state index in [0.29, 0.717) is 5.92 Å². The molecular weight excluding hydrogens is 188 g/mol. The van der Waals surface area contributed by atoms with Gasteiger partial charge in [-0.1, -0.05) is 37.3 Å². The van der Waals surface area contributed by atoms with Gasteiger partial charge in [0.1, 0.15) is 12.3 Å². The average molecular weight is 202 g/mol. The number of nitrogens with one attached hydrogen (secondary N) is 1. The van der Waals surface area contributed by atoms with Crippen LogP contribution in [-0.4, -0.2) is 18.0 Å². The standard InChI is InChI=1S/C12H14N2O/c1-9-7-11(13-14-12(9)8-15)10-5-3-2-4-6-10/h2-6,8-9,12,14H,7H2,1H3. The van der Waals surface area contributed by atoms with Gasteiger partial charge in [0, 0.05) is 0 Å². The first-order chi connectivity index (χ1) is 7.31. The molecule has 15 heavy (non-hydrogen) atoms. The van der Waals surface area contributed by atoms with Crippen molar-refractivity contribution in [2.45, 2.75) is 19.4 Å². The van der Waals surface area contributed by atoms with Crippen molar-refractivity contribution < 1.29 is 4.79 Å². The zero-order valence-electron chi connectivity index (χ0n) is 8.68. The molecule has 0 aliphatic carbocycles. The molecule has 3 nitrogen and oxygen atoms in total. The van der Waals surface area contributed by atoms with E-state index in [4.69, 9.17) is 0 Å².